The van der Waals surface area contributed by atoms with Crippen molar-refractivity contribution in [2.24, 2.45) is 5.73 Å². The summed E-state index contributed by atoms with van der Waals surface area (Å²) in [5.41, 5.74) is 6.00. The van der Waals surface area contributed by atoms with Gasteiger partial charge in [0.25, 0.3) is 0 Å². The van der Waals surface area contributed by atoms with Gasteiger partial charge in [0.1, 0.15) is 0 Å². The SMILES string of the molecule is CC1CC(N)CCCCCN1C. The van der Waals surface area contributed by atoms with Crippen LogP contribution in [0, 0.1) is 0 Å². The molecule has 1 fully saturated rings. The minimum atomic E-state index is 0.431. The average Bonchev–Trinajstić information content (AvgIpc) is 2.07. The van der Waals surface area contributed by atoms with Gasteiger partial charge in [-0.3, -0.25) is 0 Å². The molecule has 12 heavy (non-hydrogen) atoms. The normalized spacial score (nSPS) is 35.2. The fourth-order valence-electron chi connectivity index (χ4n) is 1.90. The zero-order chi connectivity index (χ0) is 8.97. The van der Waals surface area contributed by atoms with Crippen LogP contribution in [0.3, 0.4) is 0 Å². The smallest absolute Gasteiger partial charge is 0.00786 e. The summed E-state index contributed by atoms with van der Waals surface area (Å²) in [4.78, 5) is 2.44. The van der Waals surface area contributed by atoms with Crippen LogP contribution < -0.4 is 5.73 Å². The van der Waals surface area contributed by atoms with E-state index in [0.717, 1.165) is 6.42 Å². The number of nitrogens with zero attached hydrogens (tertiary/aromatic N) is 1. The highest BCUT2D eigenvalue weighted by Gasteiger charge is 2.14. The minimum absolute atomic E-state index is 0.431. The Labute approximate surface area is 76.1 Å². The first-order valence-electron chi connectivity index (χ1n) is 5.16. The van der Waals surface area contributed by atoms with E-state index in [0.29, 0.717) is 12.1 Å². The second-order valence-corrected chi connectivity index (χ2v) is 4.17. The molecule has 2 nitrogen and oxygen atoms in total. The monoisotopic (exact) mass is 170 g/mol. The van der Waals surface area contributed by atoms with Gasteiger partial charge in [-0.25, -0.2) is 0 Å². The summed E-state index contributed by atoms with van der Waals surface area (Å²) in [6.07, 6.45) is 6.40. The highest BCUT2D eigenvalue weighted by molar-refractivity contribution is 4.73. The molecule has 0 aromatic carbocycles. The molecule has 1 aliphatic heterocycles. The van der Waals surface area contributed by atoms with Crippen molar-refractivity contribution >= 4 is 0 Å². The molecule has 1 aliphatic rings. The summed E-state index contributed by atoms with van der Waals surface area (Å²) in [6.45, 7) is 3.53. The molecular formula is C10H22N2. The van der Waals surface area contributed by atoms with Crippen LogP contribution in [0.4, 0.5) is 0 Å². The molecule has 0 aliphatic carbocycles. The standard InChI is InChI=1S/C10H22N2/c1-9-8-10(11)6-4-3-5-7-12(9)2/h9-10H,3-8,11H2,1-2H3. The first-order valence-corrected chi connectivity index (χ1v) is 5.16. The molecule has 0 radical (unpaired) electrons. The van der Waals surface area contributed by atoms with Crippen LogP contribution in [0.5, 0.6) is 0 Å². The molecule has 1 rings (SSSR count). The average molecular weight is 170 g/mol. The molecule has 0 spiro atoms. The van der Waals surface area contributed by atoms with Crippen LogP contribution >= 0.6 is 0 Å². The van der Waals surface area contributed by atoms with E-state index in [1.165, 1.54) is 32.2 Å². The van der Waals surface area contributed by atoms with E-state index in [2.05, 4.69) is 18.9 Å². The van der Waals surface area contributed by atoms with E-state index in [4.69, 9.17) is 5.73 Å². The zero-order valence-corrected chi connectivity index (χ0v) is 8.42. The van der Waals surface area contributed by atoms with Gasteiger partial charge in [0.15, 0.2) is 0 Å². The third-order valence-electron chi connectivity index (χ3n) is 2.98. The van der Waals surface area contributed by atoms with Crippen molar-refractivity contribution in [3.8, 4) is 0 Å². The largest absolute Gasteiger partial charge is 0.328 e. The summed E-state index contributed by atoms with van der Waals surface area (Å²) < 4.78 is 0. The maximum absolute atomic E-state index is 6.00. The van der Waals surface area contributed by atoms with E-state index in [9.17, 15) is 0 Å². The summed E-state index contributed by atoms with van der Waals surface area (Å²) in [6, 6.07) is 1.10. The summed E-state index contributed by atoms with van der Waals surface area (Å²) in [5, 5.41) is 0. The zero-order valence-electron chi connectivity index (χ0n) is 8.42. The summed E-state index contributed by atoms with van der Waals surface area (Å²) in [5.74, 6) is 0. The number of nitrogens with two attached hydrogens (primary N) is 1. The molecule has 0 amide bonds. The molecule has 2 atom stereocenters. The molecule has 0 aromatic rings. The van der Waals surface area contributed by atoms with E-state index in [1.807, 2.05) is 0 Å². The highest BCUT2D eigenvalue weighted by Crippen LogP contribution is 2.13. The van der Waals surface area contributed by atoms with Crippen molar-refractivity contribution < 1.29 is 0 Å². The maximum Gasteiger partial charge on any atom is 0.00786 e. The van der Waals surface area contributed by atoms with Gasteiger partial charge in [-0.05, 0) is 39.8 Å². The lowest BCUT2D eigenvalue weighted by Gasteiger charge is -2.25. The Morgan fingerprint density at radius 3 is 2.75 bits per heavy atom. The van der Waals surface area contributed by atoms with Crippen LogP contribution in [-0.2, 0) is 0 Å². The highest BCUT2D eigenvalue weighted by atomic mass is 15.1. The fraction of sp³-hybridized carbons (Fsp3) is 1.00. The minimum Gasteiger partial charge on any atom is -0.328 e. The molecule has 1 heterocycles. The van der Waals surface area contributed by atoms with Crippen LogP contribution in [-0.4, -0.2) is 30.6 Å². The van der Waals surface area contributed by atoms with Crippen molar-refractivity contribution in [1.82, 2.24) is 4.90 Å². The maximum atomic E-state index is 6.00. The van der Waals surface area contributed by atoms with Crippen LogP contribution in [0.2, 0.25) is 0 Å². The molecule has 0 saturated carbocycles. The Morgan fingerprint density at radius 1 is 1.25 bits per heavy atom. The molecular weight excluding hydrogens is 148 g/mol. The Morgan fingerprint density at radius 2 is 2.00 bits per heavy atom. The molecule has 72 valence electrons. The van der Waals surface area contributed by atoms with Gasteiger partial charge in [0.05, 0.1) is 0 Å². The quantitative estimate of drug-likeness (QED) is 0.598. The topological polar surface area (TPSA) is 29.3 Å². The van der Waals surface area contributed by atoms with E-state index in [1.54, 1.807) is 0 Å². The Kier molecular flexibility index (Phi) is 4.02. The van der Waals surface area contributed by atoms with Crippen LogP contribution in [0.15, 0.2) is 0 Å². The van der Waals surface area contributed by atoms with Crippen molar-refractivity contribution in [2.45, 2.75) is 51.1 Å². The van der Waals surface area contributed by atoms with Crippen molar-refractivity contribution in [1.29, 1.82) is 0 Å². The molecule has 2 unspecified atom stereocenters. The predicted molar refractivity (Wildman–Crippen MR) is 53.2 cm³/mol. The molecule has 1 saturated heterocycles. The Balaban J connectivity index is 2.40. The second kappa shape index (κ2) is 4.83. The summed E-state index contributed by atoms with van der Waals surface area (Å²) >= 11 is 0. The third kappa shape index (κ3) is 3.11. The first kappa shape index (κ1) is 10.0. The van der Waals surface area contributed by atoms with Crippen LogP contribution in [0.25, 0.3) is 0 Å². The van der Waals surface area contributed by atoms with Crippen molar-refractivity contribution in [3.63, 3.8) is 0 Å². The molecule has 0 bridgehead atoms. The fourth-order valence-corrected chi connectivity index (χ4v) is 1.90. The van der Waals surface area contributed by atoms with Crippen molar-refractivity contribution in [2.75, 3.05) is 13.6 Å². The Hall–Kier alpha value is -0.0800. The lowest BCUT2D eigenvalue weighted by molar-refractivity contribution is 0.238. The van der Waals surface area contributed by atoms with Crippen LogP contribution in [0.1, 0.15) is 39.0 Å². The van der Waals surface area contributed by atoms with Gasteiger partial charge in [0.2, 0.25) is 0 Å². The van der Waals surface area contributed by atoms with Crippen molar-refractivity contribution in [3.05, 3.63) is 0 Å². The number of rotatable bonds is 0. The van der Waals surface area contributed by atoms with Gasteiger partial charge in [0, 0.05) is 12.1 Å². The van der Waals surface area contributed by atoms with E-state index in [-0.39, 0.29) is 0 Å². The Bertz CT molecular complexity index is 125. The van der Waals surface area contributed by atoms with Gasteiger partial charge in [-0.2, -0.15) is 0 Å². The number of hydrogen-bond donors (Lipinski definition) is 1. The first-order chi connectivity index (χ1) is 5.70. The van der Waals surface area contributed by atoms with Gasteiger partial charge < -0.3 is 10.6 Å². The molecule has 2 N–H and O–H groups in total. The predicted octanol–water partition coefficient (Wildman–Crippen LogP) is 1.60. The van der Waals surface area contributed by atoms with Gasteiger partial charge in [-0.1, -0.05) is 12.8 Å². The third-order valence-corrected chi connectivity index (χ3v) is 2.98. The summed E-state index contributed by atoms with van der Waals surface area (Å²) in [7, 11) is 2.21. The molecule has 0 aromatic heterocycles. The van der Waals surface area contributed by atoms with E-state index >= 15 is 0 Å². The lowest BCUT2D eigenvalue weighted by Crippen LogP contribution is -2.34. The van der Waals surface area contributed by atoms with Gasteiger partial charge >= 0.3 is 0 Å². The molecule has 2 heteroatoms. The van der Waals surface area contributed by atoms with E-state index < -0.39 is 0 Å². The second-order valence-electron chi connectivity index (χ2n) is 4.17. The van der Waals surface area contributed by atoms with Gasteiger partial charge in [-0.15, -0.1) is 0 Å². The lowest BCUT2D eigenvalue weighted by atomic mass is 10.0. The number of hydrogen-bond acceptors (Lipinski definition) is 2.